The van der Waals surface area contributed by atoms with Gasteiger partial charge in [-0.25, -0.2) is 0 Å². The highest BCUT2D eigenvalue weighted by molar-refractivity contribution is 5.88. The quantitative estimate of drug-likeness (QED) is 0.622. The number of rotatable bonds is 4. The van der Waals surface area contributed by atoms with Gasteiger partial charge in [0.2, 0.25) is 5.91 Å². The third kappa shape index (κ3) is 3.47. The minimum absolute atomic E-state index is 0.160. The number of hydrogen-bond donors (Lipinski definition) is 0. The standard InChI is InChI=1S/C26H32FNO3/c1-26-11-10-21-20-5-3-4-18(27)12-16(20)6-8-22(21)25(26)17(13-23(26)29)7-9-24(30)28(2)19-14-31-15-19/h3-5,17,19,21-22,25H,6-11,13-15H2,1-2H3/t17-,21?,22?,25?,26-/m1/s1. The molecule has 0 aromatic heterocycles. The molecule has 0 radical (unpaired) electrons. The molecule has 0 N–H and O–H groups in total. The molecule has 1 aliphatic heterocycles. The molecule has 1 amide bonds. The maximum atomic E-state index is 13.9. The summed E-state index contributed by atoms with van der Waals surface area (Å²) < 4.78 is 19.2. The summed E-state index contributed by atoms with van der Waals surface area (Å²) in [7, 11) is 1.86. The maximum absolute atomic E-state index is 13.9. The molecular formula is C26H32FNO3. The fourth-order valence-corrected chi connectivity index (χ4v) is 7.00. The van der Waals surface area contributed by atoms with Gasteiger partial charge in [-0.05, 0) is 67.4 Å². The molecule has 5 rings (SSSR count). The van der Waals surface area contributed by atoms with E-state index in [1.165, 1.54) is 11.6 Å². The first-order chi connectivity index (χ1) is 14.9. The number of halogens is 1. The SMILES string of the molecule is CN(C(=O)CC[C@@H]1CC(=O)[C@@]2(C)CCC3C4=CC=CC(F)=C=C4CCC3C12)C1COC1. The normalized spacial score (nSPS) is 36.9. The van der Waals surface area contributed by atoms with Gasteiger partial charge in [-0.15, -0.1) is 0 Å². The van der Waals surface area contributed by atoms with Gasteiger partial charge in [-0.1, -0.05) is 24.8 Å². The average Bonchev–Trinajstić information content (AvgIpc) is 2.83. The highest BCUT2D eigenvalue weighted by Gasteiger charge is 2.58. The molecule has 0 spiro atoms. The fraction of sp³-hybridized carbons (Fsp3) is 0.654. The van der Waals surface area contributed by atoms with Crippen molar-refractivity contribution in [2.24, 2.45) is 29.1 Å². The Labute approximate surface area is 183 Å². The molecular weight excluding hydrogens is 393 g/mol. The summed E-state index contributed by atoms with van der Waals surface area (Å²) in [5, 5.41) is 0. The van der Waals surface area contributed by atoms with E-state index >= 15 is 0 Å². The summed E-state index contributed by atoms with van der Waals surface area (Å²) >= 11 is 0. The molecule has 166 valence electrons. The van der Waals surface area contributed by atoms with E-state index in [4.69, 9.17) is 4.74 Å². The van der Waals surface area contributed by atoms with Gasteiger partial charge < -0.3 is 9.64 Å². The van der Waals surface area contributed by atoms with Gasteiger partial charge in [-0.3, -0.25) is 9.59 Å². The number of likely N-dealkylation sites (N-methyl/N-ethyl adjacent to an activating group) is 1. The zero-order valence-electron chi connectivity index (χ0n) is 18.5. The lowest BCUT2D eigenvalue weighted by molar-refractivity contribution is -0.142. The predicted molar refractivity (Wildman–Crippen MR) is 116 cm³/mol. The van der Waals surface area contributed by atoms with Gasteiger partial charge >= 0.3 is 0 Å². The third-order valence-electron chi connectivity index (χ3n) is 8.84. The number of hydrogen-bond acceptors (Lipinski definition) is 3. The van der Waals surface area contributed by atoms with Crippen LogP contribution in [0.4, 0.5) is 4.39 Å². The lowest BCUT2D eigenvalue weighted by Gasteiger charge is -2.50. The van der Waals surface area contributed by atoms with Gasteiger partial charge in [0.05, 0.1) is 19.3 Å². The number of Topliss-reactive ketones (excluding diaryl/α,β-unsaturated/α-hetero) is 1. The lowest BCUT2D eigenvalue weighted by Crippen LogP contribution is -2.49. The fourth-order valence-electron chi connectivity index (χ4n) is 7.00. The molecule has 5 aliphatic rings. The Bertz CT molecular complexity index is 923. The summed E-state index contributed by atoms with van der Waals surface area (Å²) in [6, 6.07) is 0.203. The van der Waals surface area contributed by atoms with Crippen LogP contribution >= 0.6 is 0 Å². The highest BCUT2D eigenvalue weighted by atomic mass is 19.1. The van der Waals surface area contributed by atoms with Crippen molar-refractivity contribution in [3.05, 3.63) is 40.9 Å². The van der Waals surface area contributed by atoms with Crippen LogP contribution in [0.1, 0.15) is 51.9 Å². The molecule has 4 nitrogen and oxygen atoms in total. The van der Waals surface area contributed by atoms with Crippen LogP contribution in [-0.2, 0) is 14.3 Å². The van der Waals surface area contributed by atoms with Crippen molar-refractivity contribution < 1.29 is 18.7 Å². The molecule has 0 aromatic rings. The van der Waals surface area contributed by atoms with E-state index in [9.17, 15) is 14.0 Å². The number of amides is 1. The van der Waals surface area contributed by atoms with Crippen molar-refractivity contribution in [2.75, 3.05) is 20.3 Å². The lowest BCUT2D eigenvalue weighted by atomic mass is 9.53. The number of nitrogens with zero attached hydrogens (tertiary/aromatic N) is 1. The largest absolute Gasteiger partial charge is 0.377 e. The first-order valence-corrected chi connectivity index (χ1v) is 11.8. The van der Waals surface area contributed by atoms with E-state index in [0.29, 0.717) is 49.6 Å². The van der Waals surface area contributed by atoms with Crippen LogP contribution in [0, 0.1) is 29.1 Å². The topological polar surface area (TPSA) is 46.6 Å². The van der Waals surface area contributed by atoms with Crippen LogP contribution in [-0.4, -0.2) is 42.9 Å². The van der Waals surface area contributed by atoms with E-state index in [2.05, 4.69) is 18.7 Å². The van der Waals surface area contributed by atoms with Crippen molar-refractivity contribution >= 4 is 11.7 Å². The van der Waals surface area contributed by atoms with Crippen LogP contribution in [0.3, 0.4) is 0 Å². The van der Waals surface area contributed by atoms with Crippen molar-refractivity contribution in [3.8, 4) is 0 Å². The van der Waals surface area contributed by atoms with Crippen molar-refractivity contribution in [1.29, 1.82) is 0 Å². The first-order valence-electron chi connectivity index (χ1n) is 11.8. The second kappa shape index (κ2) is 7.86. The molecule has 3 saturated carbocycles. The Hall–Kier alpha value is -1.97. The van der Waals surface area contributed by atoms with Gasteiger partial charge in [0.15, 0.2) is 5.83 Å². The number of carbonyl (C=O) groups excluding carboxylic acids is 2. The summed E-state index contributed by atoms with van der Waals surface area (Å²) in [5.41, 5.74) is 4.92. The monoisotopic (exact) mass is 425 g/mol. The maximum Gasteiger partial charge on any atom is 0.222 e. The number of ether oxygens (including phenoxy) is 1. The summed E-state index contributed by atoms with van der Waals surface area (Å²) in [4.78, 5) is 27.7. The summed E-state index contributed by atoms with van der Waals surface area (Å²) in [6.07, 6.45) is 10.9. The minimum atomic E-state index is -0.297. The zero-order valence-corrected chi connectivity index (χ0v) is 18.5. The van der Waals surface area contributed by atoms with Crippen LogP contribution in [0.25, 0.3) is 0 Å². The third-order valence-corrected chi connectivity index (χ3v) is 8.84. The highest BCUT2D eigenvalue weighted by Crippen LogP contribution is 2.62. The molecule has 1 heterocycles. The van der Waals surface area contributed by atoms with Crippen molar-refractivity contribution in [3.63, 3.8) is 0 Å². The van der Waals surface area contributed by atoms with Gasteiger partial charge in [0, 0.05) is 30.9 Å². The van der Waals surface area contributed by atoms with E-state index in [1.54, 1.807) is 6.08 Å². The van der Waals surface area contributed by atoms with Gasteiger partial charge in [0.1, 0.15) is 5.78 Å². The Morgan fingerprint density at radius 1 is 1.35 bits per heavy atom. The second-order valence-electron chi connectivity index (χ2n) is 10.3. The van der Waals surface area contributed by atoms with E-state index in [0.717, 1.165) is 37.7 Å². The Balaban J connectivity index is 1.36. The molecule has 4 aliphatic carbocycles. The van der Waals surface area contributed by atoms with Crippen LogP contribution in [0.15, 0.2) is 40.9 Å². The second-order valence-corrected chi connectivity index (χ2v) is 10.3. The van der Waals surface area contributed by atoms with E-state index in [1.807, 2.05) is 11.9 Å². The number of allylic oxidation sites excluding steroid dienone is 5. The molecule has 0 aromatic carbocycles. The number of fused-ring (bicyclic) bond motifs is 5. The molecule has 31 heavy (non-hydrogen) atoms. The molecule has 5 atom stereocenters. The molecule has 0 bridgehead atoms. The molecule has 1 saturated heterocycles. The van der Waals surface area contributed by atoms with E-state index < -0.39 is 0 Å². The smallest absolute Gasteiger partial charge is 0.222 e. The van der Waals surface area contributed by atoms with Gasteiger partial charge in [-0.2, -0.15) is 4.39 Å². The number of ketones is 1. The zero-order chi connectivity index (χ0) is 21.8. The number of carbonyl (C=O) groups is 2. The predicted octanol–water partition coefficient (Wildman–Crippen LogP) is 4.53. The molecule has 4 fully saturated rings. The Morgan fingerprint density at radius 3 is 2.90 bits per heavy atom. The first kappa shape index (κ1) is 20.9. The molecule has 5 heteroatoms. The summed E-state index contributed by atoms with van der Waals surface area (Å²) in [5.74, 6) is 1.61. The van der Waals surface area contributed by atoms with Crippen molar-refractivity contribution in [1.82, 2.24) is 4.90 Å². The Morgan fingerprint density at radius 2 is 2.16 bits per heavy atom. The van der Waals surface area contributed by atoms with Crippen LogP contribution in [0.5, 0.6) is 0 Å². The minimum Gasteiger partial charge on any atom is -0.377 e. The average molecular weight is 426 g/mol. The van der Waals surface area contributed by atoms with Crippen LogP contribution in [0.2, 0.25) is 0 Å². The van der Waals surface area contributed by atoms with Crippen LogP contribution < -0.4 is 0 Å². The van der Waals surface area contributed by atoms with Gasteiger partial charge in [0.25, 0.3) is 0 Å². The van der Waals surface area contributed by atoms with E-state index in [-0.39, 0.29) is 29.1 Å². The summed E-state index contributed by atoms with van der Waals surface area (Å²) in [6.45, 7) is 3.42. The Kier molecular flexibility index (Phi) is 5.30. The van der Waals surface area contributed by atoms with Crippen molar-refractivity contribution in [2.45, 2.75) is 57.9 Å². The molecule has 3 unspecified atom stereocenters.